The van der Waals surface area contributed by atoms with Crippen LogP contribution in [0, 0.1) is 13.8 Å². The molecule has 0 saturated carbocycles. The van der Waals surface area contributed by atoms with E-state index in [4.69, 9.17) is 5.11 Å². The maximum atomic E-state index is 12.2. The Bertz CT molecular complexity index is 1080. The van der Waals surface area contributed by atoms with Gasteiger partial charge in [-0.15, -0.1) is 0 Å². The molecule has 0 spiro atoms. The highest BCUT2D eigenvalue weighted by molar-refractivity contribution is 5.81. The van der Waals surface area contributed by atoms with Crippen molar-refractivity contribution in [2.24, 2.45) is 0 Å². The molecule has 3 rings (SSSR count). The highest BCUT2D eigenvalue weighted by Crippen LogP contribution is 2.24. The predicted molar refractivity (Wildman–Crippen MR) is 95.6 cm³/mol. The number of hydrogen-bond acceptors (Lipinski definition) is 8. The summed E-state index contributed by atoms with van der Waals surface area (Å²) in [5.74, 6) is -0.0516. The summed E-state index contributed by atoms with van der Waals surface area (Å²) >= 11 is 0. The van der Waals surface area contributed by atoms with Crippen molar-refractivity contribution in [1.82, 2.24) is 19.5 Å². The molecule has 2 aliphatic rings. The Morgan fingerprint density at radius 2 is 1.74 bits per heavy atom. The van der Waals surface area contributed by atoms with Crippen LogP contribution in [-0.4, -0.2) is 64.9 Å². The van der Waals surface area contributed by atoms with Crippen LogP contribution in [0.25, 0.3) is 22.6 Å². The third kappa shape index (κ3) is 3.47. The number of aliphatic hydroxyl groups is 4. The Morgan fingerprint density at radius 1 is 1.07 bits per heavy atom. The van der Waals surface area contributed by atoms with Crippen LogP contribution >= 0.6 is 0 Å². The lowest BCUT2D eigenvalue weighted by Crippen LogP contribution is -2.42. The van der Waals surface area contributed by atoms with E-state index in [9.17, 15) is 24.9 Å². The molecule has 10 nitrogen and oxygen atoms in total. The van der Waals surface area contributed by atoms with Crippen LogP contribution in [-0.2, 0) is 6.54 Å². The molecule has 1 aromatic rings. The van der Waals surface area contributed by atoms with Gasteiger partial charge in [0.15, 0.2) is 11.5 Å². The zero-order chi connectivity index (χ0) is 19.9. The first-order valence-electron chi connectivity index (χ1n) is 8.29. The van der Waals surface area contributed by atoms with Crippen molar-refractivity contribution >= 4 is 11.0 Å². The number of aromatic nitrogens is 4. The van der Waals surface area contributed by atoms with Crippen LogP contribution in [0.1, 0.15) is 11.1 Å². The molecule has 0 radical (unpaired) electrons. The van der Waals surface area contributed by atoms with E-state index in [0.717, 1.165) is 11.1 Å². The second-order valence-corrected chi connectivity index (χ2v) is 6.50. The fraction of sp³-hybridized carbons (Fsp3) is 0.412. The zero-order valence-corrected chi connectivity index (χ0v) is 14.7. The van der Waals surface area contributed by atoms with Gasteiger partial charge in [0, 0.05) is 0 Å². The molecule has 2 heterocycles. The summed E-state index contributed by atoms with van der Waals surface area (Å²) in [7, 11) is 0. The van der Waals surface area contributed by atoms with Crippen molar-refractivity contribution in [1.29, 1.82) is 0 Å². The maximum absolute atomic E-state index is 12.2. The number of benzene rings is 1. The van der Waals surface area contributed by atoms with Crippen LogP contribution in [0.2, 0.25) is 0 Å². The number of aromatic amines is 1. The van der Waals surface area contributed by atoms with E-state index < -0.39 is 36.2 Å². The number of hydrogen-bond donors (Lipinski definition) is 5. The van der Waals surface area contributed by atoms with Gasteiger partial charge in [0.2, 0.25) is 0 Å². The largest absolute Gasteiger partial charge is 0.394 e. The van der Waals surface area contributed by atoms with E-state index in [1.165, 1.54) is 4.57 Å². The lowest BCUT2D eigenvalue weighted by molar-refractivity contribution is -0.0802. The number of aryl methyl sites for hydroxylation is 2. The first-order chi connectivity index (χ1) is 12.7. The molecular formula is C17H20N4O6. The van der Waals surface area contributed by atoms with Crippen molar-refractivity contribution in [2.45, 2.75) is 38.7 Å². The Balaban J connectivity index is 2.28. The van der Waals surface area contributed by atoms with Crippen LogP contribution in [0.4, 0.5) is 0 Å². The van der Waals surface area contributed by atoms with Gasteiger partial charge in [-0.3, -0.25) is 9.78 Å². The van der Waals surface area contributed by atoms with E-state index >= 15 is 0 Å². The standard InChI is InChI=1S/C17H20N4O6/c1-7-3-9-10(4-8(7)2)21(5-11(23)14(25)12(24)6-22)15-13(18-9)16(26)20-17(27)19-15/h3-4,11-12,14,22-25H,5-6H2,1-2H3,(H,20,26,27)/t11-,12-,14+/m0/s1. The molecule has 0 bridgehead atoms. The molecule has 10 heteroatoms. The predicted octanol–water partition coefficient (Wildman–Crippen LogP) is -1.72. The molecule has 0 aromatic heterocycles. The number of fused-ring (bicyclic) bond motifs is 2. The Hall–Kier alpha value is -2.66. The molecule has 27 heavy (non-hydrogen) atoms. The van der Waals surface area contributed by atoms with E-state index in [1.807, 2.05) is 13.8 Å². The summed E-state index contributed by atoms with van der Waals surface area (Å²) in [4.78, 5) is 34.0. The monoisotopic (exact) mass is 376 g/mol. The lowest BCUT2D eigenvalue weighted by Gasteiger charge is -2.25. The minimum Gasteiger partial charge on any atom is -0.394 e. The highest BCUT2D eigenvalue weighted by atomic mass is 16.4. The zero-order valence-electron chi connectivity index (χ0n) is 14.7. The van der Waals surface area contributed by atoms with Crippen molar-refractivity contribution < 1.29 is 20.4 Å². The van der Waals surface area contributed by atoms with Gasteiger partial charge in [-0.05, 0) is 37.1 Å². The molecule has 144 valence electrons. The quantitative estimate of drug-likeness (QED) is 0.328. The molecule has 0 amide bonds. The van der Waals surface area contributed by atoms with Crippen molar-refractivity contribution in [3.63, 3.8) is 0 Å². The van der Waals surface area contributed by atoms with E-state index in [-0.39, 0.29) is 18.1 Å². The Morgan fingerprint density at radius 3 is 2.41 bits per heavy atom. The summed E-state index contributed by atoms with van der Waals surface area (Å²) in [6.45, 7) is 2.73. The SMILES string of the molecule is Cc1cc2nc3c(=O)[nH]c(=O)nc-3n(C[C@H](O)[C@@H](O)[C@@H](O)CO)c2cc1C. The number of aliphatic hydroxyl groups excluding tert-OH is 4. The van der Waals surface area contributed by atoms with Gasteiger partial charge in [-0.25, -0.2) is 9.78 Å². The number of H-pyrrole nitrogens is 1. The maximum Gasteiger partial charge on any atom is 0.349 e. The highest BCUT2D eigenvalue weighted by Gasteiger charge is 2.27. The second-order valence-electron chi connectivity index (χ2n) is 6.50. The molecule has 0 unspecified atom stereocenters. The molecular weight excluding hydrogens is 356 g/mol. The molecule has 0 fully saturated rings. The van der Waals surface area contributed by atoms with Gasteiger partial charge >= 0.3 is 5.69 Å². The smallest absolute Gasteiger partial charge is 0.349 e. The topological polar surface area (TPSA) is 162 Å². The summed E-state index contributed by atoms with van der Waals surface area (Å²) < 4.78 is 1.40. The molecule has 2 aliphatic heterocycles. The Kier molecular flexibility index (Phi) is 5.07. The Labute approximate surface area is 152 Å². The van der Waals surface area contributed by atoms with Crippen molar-refractivity contribution in [2.75, 3.05) is 6.61 Å². The second kappa shape index (κ2) is 7.16. The molecule has 0 saturated heterocycles. The third-order valence-electron chi connectivity index (χ3n) is 4.57. The van der Waals surface area contributed by atoms with Gasteiger partial charge in [0.25, 0.3) is 5.56 Å². The number of rotatable bonds is 5. The van der Waals surface area contributed by atoms with E-state index in [0.29, 0.717) is 11.0 Å². The molecule has 0 aliphatic carbocycles. The van der Waals surface area contributed by atoms with Crippen molar-refractivity contribution in [3.8, 4) is 11.5 Å². The fourth-order valence-electron chi connectivity index (χ4n) is 2.89. The van der Waals surface area contributed by atoms with E-state index in [2.05, 4.69) is 15.0 Å². The molecule has 3 atom stereocenters. The van der Waals surface area contributed by atoms with Gasteiger partial charge < -0.3 is 25.0 Å². The summed E-state index contributed by atoms with van der Waals surface area (Å²) in [6, 6.07) is 3.53. The number of nitrogens with one attached hydrogen (secondary N) is 1. The van der Waals surface area contributed by atoms with Crippen LogP contribution in [0.5, 0.6) is 0 Å². The van der Waals surface area contributed by atoms with Gasteiger partial charge in [0.05, 0.1) is 24.2 Å². The van der Waals surface area contributed by atoms with Crippen LogP contribution < -0.4 is 11.2 Å². The van der Waals surface area contributed by atoms with Gasteiger partial charge in [-0.2, -0.15) is 4.98 Å². The minimum absolute atomic E-state index is 0.0516. The van der Waals surface area contributed by atoms with Gasteiger partial charge in [-0.1, -0.05) is 0 Å². The van der Waals surface area contributed by atoms with Crippen LogP contribution in [0.15, 0.2) is 21.7 Å². The molecule has 1 aromatic carbocycles. The van der Waals surface area contributed by atoms with E-state index in [1.54, 1.807) is 12.1 Å². The minimum atomic E-state index is -1.64. The number of nitrogens with zero attached hydrogens (tertiary/aromatic N) is 3. The summed E-state index contributed by atoms with van der Waals surface area (Å²) in [6.07, 6.45) is -4.68. The normalized spacial score (nSPS) is 15.2. The van der Waals surface area contributed by atoms with Gasteiger partial charge in [0.1, 0.15) is 18.3 Å². The van der Waals surface area contributed by atoms with Crippen molar-refractivity contribution in [3.05, 3.63) is 44.1 Å². The average molecular weight is 376 g/mol. The summed E-state index contributed by atoms with van der Waals surface area (Å²) in [5.41, 5.74) is 1.11. The first-order valence-corrected chi connectivity index (χ1v) is 8.29. The van der Waals surface area contributed by atoms with Crippen LogP contribution in [0.3, 0.4) is 0 Å². The molecule has 5 N–H and O–H groups in total. The third-order valence-corrected chi connectivity index (χ3v) is 4.57. The fourth-order valence-corrected chi connectivity index (χ4v) is 2.89. The lowest BCUT2D eigenvalue weighted by atomic mass is 10.1. The summed E-state index contributed by atoms with van der Waals surface area (Å²) in [5, 5.41) is 38.8. The average Bonchev–Trinajstić information content (AvgIpc) is 2.62. The first kappa shape index (κ1) is 19.1.